The largest absolute Gasteiger partial charge is 0.495 e. The van der Waals surface area contributed by atoms with Crippen LogP contribution in [0.3, 0.4) is 0 Å². The lowest BCUT2D eigenvalue weighted by molar-refractivity contribution is -0.117. The van der Waals surface area contributed by atoms with E-state index >= 15 is 0 Å². The first-order valence-electron chi connectivity index (χ1n) is 10.4. The summed E-state index contributed by atoms with van der Waals surface area (Å²) in [6.07, 6.45) is 1.78. The van der Waals surface area contributed by atoms with E-state index in [4.69, 9.17) is 4.74 Å². The molecular formula is C25H22FN3O4. The predicted octanol–water partition coefficient (Wildman–Crippen LogP) is 4.69. The molecular weight excluding hydrogens is 425 g/mol. The second-order valence-electron chi connectivity index (χ2n) is 7.68. The van der Waals surface area contributed by atoms with E-state index < -0.39 is 11.7 Å². The molecule has 0 aromatic heterocycles. The van der Waals surface area contributed by atoms with Crippen LogP contribution in [0.25, 0.3) is 0 Å². The van der Waals surface area contributed by atoms with Crippen molar-refractivity contribution in [2.75, 3.05) is 23.1 Å². The van der Waals surface area contributed by atoms with E-state index in [0.717, 1.165) is 18.9 Å². The highest BCUT2D eigenvalue weighted by Gasteiger charge is 2.29. The molecule has 0 spiro atoms. The smallest absolute Gasteiger partial charge is 0.255 e. The van der Waals surface area contributed by atoms with Gasteiger partial charge < -0.3 is 20.7 Å². The molecule has 1 aliphatic carbocycles. The number of benzene rings is 3. The molecule has 0 unspecified atom stereocenters. The van der Waals surface area contributed by atoms with Crippen molar-refractivity contribution in [3.8, 4) is 5.75 Å². The number of ether oxygens (including phenoxy) is 1. The SMILES string of the molecule is COc1ccc(NC(=O)c2cccc(NC(=O)C3CC3)c2)cc1NC(=O)c1cccc(F)c1. The number of amides is 3. The van der Waals surface area contributed by atoms with Crippen molar-refractivity contribution in [2.45, 2.75) is 12.8 Å². The van der Waals surface area contributed by atoms with Gasteiger partial charge in [0.15, 0.2) is 0 Å². The Labute approximate surface area is 190 Å². The standard InChI is InChI=1S/C25H22FN3O4/c1-33-22-11-10-20(14-21(22)29-25(32)16-4-2-6-18(26)12-16)28-24(31)17-5-3-7-19(13-17)27-23(30)15-8-9-15/h2-7,10-15H,8-9H2,1H3,(H,27,30)(H,28,31)(H,29,32). The van der Waals surface area contributed by atoms with Crippen LogP contribution in [0.5, 0.6) is 5.75 Å². The minimum atomic E-state index is -0.522. The lowest BCUT2D eigenvalue weighted by Gasteiger charge is -2.13. The number of halogens is 1. The average Bonchev–Trinajstić information content (AvgIpc) is 3.65. The Morgan fingerprint density at radius 2 is 1.48 bits per heavy atom. The van der Waals surface area contributed by atoms with Crippen LogP contribution >= 0.6 is 0 Å². The van der Waals surface area contributed by atoms with Crippen molar-refractivity contribution in [3.05, 3.63) is 83.7 Å². The molecule has 168 valence electrons. The topological polar surface area (TPSA) is 96.5 Å². The molecule has 1 aliphatic rings. The van der Waals surface area contributed by atoms with Gasteiger partial charge in [0.25, 0.3) is 11.8 Å². The summed E-state index contributed by atoms with van der Waals surface area (Å²) in [5.74, 6) is -1.03. The Bertz CT molecular complexity index is 1220. The highest BCUT2D eigenvalue weighted by atomic mass is 19.1. The van der Waals surface area contributed by atoms with E-state index in [2.05, 4.69) is 16.0 Å². The fourth-order valence-electron chi connectivity index (χ4n) is 3.24. The van der Waals surface area contributed by atoms with Crippen molar-refractivity contribution >= 4 is 34.8 Å². The summed E-state index contributed by atoms with van der Waals surface area (Å²) >= 11 is 0. The Kier molecular flexibility index (Phi) is 6.35. The van der Waals surface area contributed by atoms with Gasteiger partial charge in [-0.05, 0) is 67.4 Å². The number of carbonyl (C=O) groups is 3. The van der Waals surface area contributed by atoms with Crippen molar-refractivity contribution in [1.82, 2.24) is 0 Å². The van der Waals surface area contributed by atoms with Crippen LogP contribution in [0.15, 0.2) is 66.7 Å². The quantitative estimate of drug-likeness (QED) is 0.490. The molecule has 0 atom stereocenters. The Hall–Kier alpha value is -4.20. The zero-order valence-electron chi connectivity index (χ0n) is 17.9. The van der Waals surface area contributed by atoms with Gasteiger partial charge in [0, 0.05) is 28.4 Å². The maximum atomic E-state index is 13.4. The van der Waals surface area contributed by atoms with Crippen LogP contribution in [-0.4, -0.2) is 24.8 Å². The lowest BCUT2D eigenvalue weighted by Crippen LogP contribution is -2.16. The molecule has 8 heteroatoms. The first kappa shape index (κ1) is 22.0. The predicted molar refractivity (Wildman–Crippen MR) is 123 cm³/mol. The van der Waals surface area contributed by atoms with E-state index in [-0.39, 0.29) is 23.3 Å². The normalized spacial score (nSPS) is 12.5. The molecule has 3 aromatic carbocycles. The highest BCUT2D eigenvalue weighted by molar-refractivity contribution is 6.07. The van der Waals surface area contributed by atoms with Crippen LogP contribution in [0, 0.1) is 11.7 Å². The number of nitrogens with one attached hydrogen (secondary N) is 3. The summed E-state index contributed by atoms with van der Waals surface area (Å²) in [7, 11) is 1.45. The third kappa shape index (κ3) is 5.54. The molecule has 0 radical (unpaired) electrons. The summed E-state index contributed by atoms with van der Waals surface area (Å²) in [5.41, 5.74) is 1.80. The third-order valence-electron chi connectivity index (χ3n) is 5.13. The van der Waals surface area contributed by atoms with Gasteiger partial charge >= 0.3 is 0 Å². The van der Waals surface area contributed by atoms with Crippen LogP contribution in [0.1, 0.15) is 33.6 Å². The lowest BCUT2D eigenvalue weighted by atomic mass is 10.1. The van der Waals surface area contributed by atoms with Gasteiger partial charge in [0.1, 0.15) is 11.6 Å². The molecule has 0 saturated heterocycles. The summed E-state index contributed by atoms with van der Waals surface area (Å²) in [5, 5.41) is 8.26. The number of rotatable bonds is 7. The zero-order valence-corrected chi connectivity index (χ0v) is 17.9. The van der Waals surface area contributed by atoms with E-state index in [9.17, 15) is 18.8 Å². The number of hydrogen-bond acceptors (Lipinski definition) is 4. The first-order chi connectivity index (χ1) is 15.9. The third-order valence-corrected chi connectivity index (χ3v) is 5.13. The fraction of sp³-hybridized carbons (Fsp3) is 0.160. The minimum Gasteiger partial charge on any atom is -0.495 e. The van der Waals surface area contributed by atoms with Crippen molar-refractivity contribution in [2.24, 2.45) is 5.92 Å². The summed E-state index contributed by atoms with van der Waals surface area (Å²) < 4.78 is 18.7. The zero-order chi connectivity index (χ0) is 23.4. The van der Waals surface area contributed by atoms with Crippen molar-refractivity contribution in [1.29, 1.82) is 0 Å². The summed E-state index contributed by atoms with van der Waals surface area (Å²) in [6.45, 7) is 0. The number of anilines is 3. The van der Waals surface area contributed by atoms with Crippen LogP contribution in [0.2, 0.25) is 0 Å². The van der Waals surface area contributed by atoms with Gasteiger partial charge in [-0.25, -0.2) is 4.39 Å². The maximum Gasteiger partial charge on any atom is 0.255 e. The molecule has 3 N–H and O–H groups in total. The van der Waals surface area contributed by atoms with Crippen LogP contribution < -0.4 is 20.7 Å². The molecule has 3 amide bonds. The summed E-state index contributed by atoms with van der Waals surface area (Å²) in [4.78, 5) is 37.2. The van der Waals surface area contributed by atoms with Gasteiger partial charge in [-0.1, -0.05) is 12.1 Å². The highest BCUT2D eigenvalue weighted by Crippen LogP contribution is 2.31. The second-order valence-corrected chi connectivity index (χ2v) is 7.68. The number of carbonyl (C=O) groups excluding carboxylic acids is 3. The van der Waals surface area contributed by atoms with E-state index in [1.807, 2.05) is 0 Å². The molecule has 1 saturated carbocycles. The van der Waals surface area contributed by atoms with E-state index in [0.29, 0.717) is 28.4 Å². The summed E-state index contributed by atoms with van der Waals surface area (Å²) in [6, 6.07) is 16.8. The first-order valence-corrected chi connectivity index (χ1v) is 10.4. The minimum absolute atomic E-state index is 0.0404. The van der Waals surface area contributed by atoms with Gasteiger partial charge in [-0.15, -0.1) is 0 Å². The van der Waals surface area contributed by atoms with Gasteiger partial charge in [0.2, 0.25) is 5.91 Å². The van der Waals surface area contributed by atoms with Crippen molar-refractivity contribution < 1.29 is 23.5 Å². The molecule has 33 heavy (non-hydrogen) atoms. The van der Waals surface area contributed by atoms with E-state index in [1.165, 1.54) is 25.3 Å². The van der Waals surface area contributed by atoms with Gasteiger partial charge in [-0.3, -0.25) is 14.4 Å². The number of methoxy groups -OCH3 is 1. The van der Waals surface area contributed by atoms with Crippen LogP contribution in [-0.2, 0) is 4.79 Å². The average molecular weight is 447 g/mol. The van der Waals surface area contributed by atoms with Crippen LogP contribution in [0.4, 0.5) is 21.5 Å². The maximum absolute atomic E-state index is 13.4. The molecule has 3 aromatic rings. The Balaban J connectivity index is 1.48. The molecule has 7 nitrogen and oxygen atoms in total. The second kappa shape index (κ2) is 9.52. The fourth-order valence-corrected chi connectivity index (χ4v) is 3.24. The van der Waals surface area contributed by atoms with Gasteiger partial charge in [-0.2, -0.15) is 0 Å². The molecule has 4 rings (SSSR count). The van der Waals surface area contributed by atoms with Crippen molar-refractivity contribution in [3.63, 3.8) is 0 Å². The Morgan fingerprint density at radius 1 is 0.818 bits per heavy atom. The Morgan fingerprint density at radius 3 is 2.18 bits per heavy atom. The number of hydrogen-bond donors (Lipinski definition) is 3. The molecule has 0 aliphatic heterocycles. The molecule has 1 fully saturated rings. The monoisotopic (exact) mass is 447 g/mol. The molecule has 0 heterocycles. The van der Waals surface area contributed by atoms with Gasteiger partial charge in [0.05, 0.1) is 12.8 Å². The van der Waals surface area contributed by atoms with E-state index in [1.54, 1.807) is 42.5 Å². The molecule has 0 bridgehead atoms.